The van der Waals surface area contributed by atoms with Crippen LogP contribution in [-0.4, -0.2) is 32.5 Å². The van der Waals surface area contributed by atoms with Crippen molar-refractivity contribution in [2.75, 3.05) is 11.1 Å². The van der Waals surface area contributed by atoms with E-state index in [2.05, 4.69) is 10.4 Å². The van der Waals surface area contributed by atoms with Gasteiger partial charge in [0.15, 0.2) is 5.69 Å². The molecule has 1 aromatic carbocycles. The summed E-state index contributed by atoms with van der Waals surface area (Å²) in [5.41, 5.74) is -0.0986. The summed E-state index contributed by atoms with van der Waals surface area (Å²) < 4.78 is 1.33. The van der Waals surface area contributed by atoms with Crippen LogP contribution in [0.25, 0.3) is 0 Å². The Hall–Kier alpha value is -2.28. The minimum Gasteiger partial charge on any atom is -0.476 e. The van der Waals surface area contributed by atoms with Gasteiger partial charge in [-0.25, -0.2) is 4.79 Å². The molecule has 0 radical (unpaired) electrons. The molecule has 0 saturated heterocycles. The van der Waals surface area contributed by atoms with Gasteiger partial charge in [-0.05, 0) is 12.1 Å². The standard InChI is InChI=1S/C13H13N3O3S/c1-16-11(7-10(15-16)13(18)19)14-12(17)8-20-9-5-3-2-4-6-9/h2-7H,8H2,1H3,(H,14,17)(H,18,19). The highest BCUT2D eigenvalue weighted by Crippen LogP contribution is 2.17. The highest BCUT2D eigenvalue weighted by molar-refractivity contribution is 8.00. The second kappa shape index (κ2) is 6.25. The van der Waals surface area contributed by atoms with Crippen molar-refractivity contribution in [1.29, 1.82) is 0 Å². The molecular formula is C13H13N3O3S. The number of rotatable bonds is 5. The molecule has 2 rings (SSSR count). The van der Waals surface area contributed by atoms with E-state index >= 15 is 0 Å². The SMILES string of the molecule is Cn1nc(C(=O)O)cc1NC(=O)CSc1ccccc1. The molecule has 0 atom stereocenters. The zero-order chi connectivity index (χ0) is 14.5. The number of carbonyl (C=O) groups excluding carboxylic acids is 1. The first-order valence-corrected chi connectivity index (χ1v) is 6.80. The second-order valence-corrected chi connectivity index (χ2v) is 5.04. The van der Waals surface area contributed by atoms with Crippen molar-refractivity contribution in [2.24, 2.45) is 7.05 Å². The lowest BCUT2D eigenvalue weighted by molar-refractivity contribution is -0.113. The van der Waals surface area contributed by atoms with Crippen molar-refractivity contribution >= 4 is 29.5 Å². The molecule has 2 aromatic rings. The molecule has 0 bridgehead atoms. The third-order valence-electron chi connectivity index (χ3n) is 2.48. The van der Waals surface area contributed by atoms with Crippen molar-refractivity contribution < 1.29 is 14.7 Å². The Morgan fingerprint density at radius 1 is 1.35 bits per heavy atom. The van der Waals surface area contributed by atoms with Crippen LogP contribution in [0.3, 0.4) is 0 Å². The summed E-state index contributed by atoms with van der Waals surface area (Å²) in [5, 5.41) is 15.2. The first kappa shape index (κ1) is 14.1. The van der Waals surface area contributed by atoms with Gasteiger partial charge in [0.05, 0.1) is 5.75 Å². The molecule has 0 aliphatic rings. The largest absolute Gasteiger partial charge is 0.476 e. The Labute approximate surface area is 119 Å². The third kappa shape index (κ3) is 3.61. The molecule has 1 aromatic heterocycles. The number of thioether (sulfide) groups is 1. The fourth-order valence-corrected chi connectivity index (χ4v) is 2.25. The van der Waals surface area contributed by atoms with E-state index in [4.69, 9.17) is 5.11 Å². The third-order valence-corrected chi connectivity index (χ3v) is 3.49. The van der Waals surface area contributed by atoms with Gasteiger partial charge in [-0.15, -0.1) is 11.8 Å². The van der Waals surface area contributed by atoms with Crippen LogP contribution in [0.2, 0.25) is 0 Å². The van der Waals surface area contributed by atoms with Gasteiger partial charge in [-0.3, -0.25) is 9.48 Å². The van der Waals surface area contributed by atoms with Crippen LogP contribution in [0.4, 0.5) is 5.82 Å². The molecule has 6 nitrogen and oxygen atoms in total. The zero-order valence-electron chi connectivity index (χ0n) is 10.7. The van der Waals surface area contributed by atoms with E-state index in [9.17, 15) is 9.59 Å². The van der Waals surface area contributed by atoms with E-state index in [1.807, 2.05) is 30.3 Å². The van der Waals surface area contributed by atoms with E-state index in [-0.39, 0.29) is 17.4 Å². The van der Waals surface area contributed by atoms with Gasteiger partial charge in [0, 0.05) is 18.0 Å². The lowest BCUT2D eigenvalue weighted by Crippen LogP contribution is -2.16. The van der Waals surface area contributed by atoms with Crippen LogP contribution in [0.15, 0.2) is 41.3 Å². The maximum absolute atomic E-state index is 11.8. The van der Waals surface area contributed by atoms with Crippen LogP contribution in [0.1, 0.15) is 10.5 Å². The van der Waals surface area contributed by atoms with Crippen molar-refractivity contribution in [3.63, 3.8) is 0 Å². The molecule has 104 valence electrons. The van der Waals surface area contributed by atoms with E-state index in [1.165, 1.54) is 22.5 Å². The van der Waals surface area contributed by atoms with E-state index in [0.717, 1.165) is 4.90 Å². The fourth-order valence-electron chi connectivity index (χ4n) is 1.53. The highest BCUT2D eigenvalue weighted by atomic mass is 32.2. The van der Waals surface area contributed by atoms with Crippen molar-refractivity contribution in [3.05, 3.63) is 42.1 Å². The van der Waals surface area contributed by atoms with Crippen molar-refractivity contribution in [1.82, 2.24) is 9.78 Å². The van der Waals surface area contributed by atoms with Gasteiger partial charge in [0.1, 0.15) is 5.82 Å². The Balaban J connectivity index is 1.93. The van der Waals surface area contributed by atoms with Crippen LogP contribution in [0.5, 0.6) is 0 Å². The number of aromatic carboxylic acids is 1. The van der Waals surface area contributed by atoms with Gasteiger partial charge < -0.3 is 10.4 Å². The number of nitrogens with zero attached hydrogens (tertiary/aromatic N) is 2. The number of nitrogens with one attached hydrogen (secondary N) is 1. The molecule has 0 aliphatic carbocycles. The van der Waals surface area contributed by atoms with Gasteiger partial charge in [-0.1, -0.05) is 18.2 Å². The number of carbonyl (C=O) groups is 2. The zero-order valence-corrected chi connectivity index (χ0v) is 11.6. The van der Waals surface area contributed by atoms with Crippen LogP contribution in [-0.2, 0) is 11.8 Å². The van der Waals surface area contributed by atoms with Gasteiger partial charge in [0.2, 0.25) is 5.91 Å². The predicted molar refractivity (Wildman–Crippen MR) is 76.0 cm³/mol. The minimum atomic E-state index is -1.13. The Morgan fingerprint density at radius 3 is 2.65 bits per heavy atom. The number of carboxylic acids is 1. The number of amides is 1. The molecule has 2 N–H and O–H groups in total. The van der Waals surface area contributed by atoms with Crippen LogP contribution < -0.4 is 5.32 Å². The maximum atomic E-state index is 11.8. The molecule has 1 heterocycles. The van der Waals surface area contributed by atoms with Crippen molar-refractivity contribution in [3.8, 4) is 0 Å². The Kier molecular flexibility index (Phi) is 4.41. The monoisotopic (exact) mass is 291 g/mol. The molecule has 7 heteroatoms. The first-order chi connectivity index (χ1) is 9.56. The van der Waals surface area contributed by atoms with Gasteiger partial charge >= 0.3 is 5.97 Å². The van der Waals surface area contributed by atoms with E-state index in [1.54, 1.807) is 7.05 Å². The molecule has 20 heavy (non-hydrogen) atoms. The summed E-state index contributed by atoms with van der Waals surface area (Å²) in [5.74, 6) is -0.725. The van der Waals surface area contributed by atoms with Gasteiger partial charge in [-0.2, -0.15) is 5.10 Å². The second-order valence-electron chi connectivity index (χ2n) is 3.99. The predicted octanol–water partition coefficient (Wildman–Crippen LogP) is 1.85. The first-order valence-electron chi connectivity index (χ1n) is 5.81. The number of carboxylic acid groups (broad SMARTS) is 1. The Bertz CT molecular complexity index is 625. The lowest BCUT2D eigenvalue weighted by atomic mass is 10.4. The summed E-state index contributed by atoms with van der Waals surface area (Å²) in [6.45, 7) is 0. The highest BCUT2D eigenvalue weighted by Gasteiger charge is 2.13. The van der Waals surface area contributed by atoms with E-state index in [0.29, 0.717) is 5.82 Å². The number of aromatic nitrogens is 2. The van der Waals surface area contributed by atoms with Gasteiger partial charge in [0.25, 0.3) is 0 Å². The molecule has 0 spiro atoms. The normalized spacial score (nSPS) is 10.2. The average molecular weight is 291 g/mol. The maximum Gasteiger partial charge on any atom is 0.356 e. The number of hydrogen-bond acceptors (Lipinski definition) is 4. The summed E-state index contributed by atoms with van der Waals surface area (Å²) in [6.07, 6.45) is 0. The summed E-state index contributed by atoms with van der Waals surface area (Å²) in [7, 11) is 1.58. The van der Waals surface area contributed by atoms with Crippen LogP contribution in [0, 0.1) is 0 Å². The number of hydrogen-bond donors (Lipinski definition) is 2. The Morgan fingerprint density at radius 2 is 2.05 bits per heavy atom. The molecule has 0 saturated carbocycles. The molecule has 0 unspecified atom stereocenters. The summed E-state index contributed by atoms with van der Waals surface area (Å²) in [4.78, 5) is 23.6. The quantitative estimate of drug-likeness (QED) is 0.821. The fraction of sp³-hybridized carbons (Fsp3) is 0.154. The molecule has 0 fully saturated rings. The molecule has 0 aliphatic heterocycles. The number of anilines is 1. The number of benzene rings is 1. The molecule has 1 amide bonds. The summed E-state index contributed by atoms with van der Waals surface area (Å²) in [6, 6.07) is 10.9. The number of aryl methyl sites for hydroxylation is 1. The topological polar surface area (TPSA) is 84.2 Å². The van der Waals surface area contributed by atoms with Crippen molar-refractivity contribution in [2.45, 2.75) is 4.90 Å². The minimum absolute atomic E-state index is 0.0986. The summed E-state index contributed by atoms with van der Waals surface area (Å²) >= 11 is 1.41. The van der Waals surface area contributed by atoms with E-state index < -0.39 is 5.97 Å². The lowest BCUT2D eigenvalue weighted by Gasteiger charge is -2.04. The molecular weight excluding hydrogens is 278 g/mol. The van der Waals surface area contributed by atoms with Crippen LogP contribution >= 0.6 is 11.8 Å². The smallest absolute Gasteiger partial charge is 0.356 e. The average Bonchev–Trinajstić information content (AvgIpc) is 2.79.